The van der Waals surface area contributed by atoms with Gasteiger partial charge in [-0.05, 0) is 37.5 Å². The number of halogens is 4. The zero-order chi connectivity index (χ0) is 26.5. The van der Waals surface area contributed by atoms with Gasteiger partial charge in [-0.15, -0.1) is 0 Å². The number of hydrogen-bond donors (Lipinski definition) is 1. The summed E-state index contributed by atoms with van der Waals surface area (Å²) in [5.74, 6) is -2.81. The molecular formula is C23H24F4N6O4. The lowest BCUT2D eigenvalue weighted by Gasteiger charge is -2.44. The number of primary amides is 1. The van der Waals surface area contributed by atoms with Gasteiger partial charge < -0.3 is 15.4 Å². The average molecular weight is 524 g/mol. The molecule has 3 aliphatic heterocycles. The first-order valence-corrected chi connectivity index (χ1v) is 11.8. The SMILES string of the molecule is NC(=O)c1cc(-n2nc(C(F)(F)F)c3c2C(=O)N(C2CCN(N4CCOCC4=O)CC2)CC3)ccc1F. The van der Waals surface area contributed by atoms with E-state index in [0.29, 0.717) is 39.1 Å². The van der Waals surface area contributed by atoms with Gasteiger partial charge in [-0.2, -0.15) is 18.3 Å². The molecule has 4 heterocycles. The molecule has 2 saturated heterocycles. The largest absolute Gasteiger partial charge is 0.435 e. The molecule has 2 N–H and O–H groups in total. The maximum atomic E-state index is 14.0. The Balaban J connectivity index is 1.44. The number of carbonyl (C=O) groups is 3. The van der Waals surface area contributed by atoms with Gasteiger partial charge in [-0.3, -0.25) is 19.4 Å². The maximum absolute atomic E-state index is 14.0. The molecule has 14 heteroatoms. The highest BCUT2D eigenvalue weighted by molar-refractivity contribution is 5.97. The van der Waals surface area contributed by atoms with Crippen LogP contribution in [0.1, 0.15) is 44.9 Å². The molecule has 0 atom stereocenters. The van der Waals surface area contributed by atoms with E-state index in [0.717, 1.165) is 22.9 Å². The summed E-state index contributed by atoms with van der Waals surface area (Å²) in [5, 5.41) is 7.24. The van der Waals surface area contributed by atoms with E-state index in [9.17, 15) is 31.9 Å². The van der Waals surface area contributed by atoms with Crippen LogP contribution in [0.25, 0.3) is 5.69 Å². The number of nitrogens with two attached hydrogens (primary N) is 1. The van der Waals surface area contributed by atoms with Crippen molar-refractivity contribution in [2.45, 2.75) is 31.5 Å². The van der Waals surface area contributed by atoms with Gasteiger partial charge in [-0.1, -0.05) is 0 Å². The van der Waals surface area contributed by atoms with Crippen molar-refractivity contribution >= 4 is 17.7 Å². The lowest BCUT2D eigenvalue weighted by Crippen LogP contribution is -2.57. The van der Waals surface area contributed by atoms with E-state index in [2.05, 4.69) is 5.10 Å². The highest BCUT2D eigenvalue weighted by atomic mass is 19.4. The van der Waals surface area contributed by atoms with Crippen molar-refractivity contribution in [3.05, 3.63) is 46.5 Å². The molecule has 0 spiro atoms. The molecule has 0 aliphatic carbocycles. The van der Waals surface area contributed by atoms with Gasteiger partial charge in [0.25, 0.3) is 17.7 Å². The van der Waals surface area contributed by atoms with Gasteiger partial charge in [0.2, 0.25) is 0 Å². The standard InChI is InChI=1S/C23H24F4N6O4/c24-17-2-1-14(11-16(17)21(28)35)33-19-15(20(29-33)23(25,26)27)5-8-31(22(19)36)13-3-6-30(7-4-13)32-9-10-37-12-18(32)34/h1-2,11,13H,3-10,12H2,(H2,28,35). The fraction of sp³-hybridized carbons (Fsp3) is 0.478. The fourth-order valence-electron chi connectivity index (χ4n) is 5.19. The number of alkyl halides is 3. The molecule has 0 radical (unpaired) electrons. The third-order valence-corrected chi connectivity index (χ3v) is 6.96. The van der Waals surface area contributed by atoms with Crippen LogP contribution in [0.3, 0.4) is 0 Å². The number of morpholine rings is 1. The minimum Gasteiger partial charge on any atom is -0.370 e. The third kappa shape index (κ3) is 4.55. The van der Waals surface area contributed by atoms with E-state index < -0.39 is 35.1 Å². The number of aromatic nitrogens is 2. The minimum absolute atomic E-state index is 0.0136. The second kappa shape index (κ2) is 9.41. The van der Waals surface area contributed by atoms with E-state index in [1.807, 2.05) is 5.01 Å². The number of amides is 3. The number of rotatable bonds is 4. The van der Waals surface area contributed by atoms with Gasteiger partial charge in [0, 0.05) is 31.2 Å². The van der Waals surface area contributed by atoms with Gasteiger partial charge in [-0.25, -0.2) is 14.1 Å². The van der Waals surface area contributed by atoms with Crippen molar-refractivity contribution in [2.75, 3.05) is 39.4 Å². The Morgan fingerprint density at radius 1 is 1.11 bits per heavy atom. The Labute approximate surface area is 208 Å². The summed E-state index contributed by atoms with van der Waals surface area (Å²) in [6, 6.07) is 2.76. The summed E-state index contributed by atoms with van der Waals surface area (Å²) in [7, 11) is 0. The van der Waals surface area contributed by atoms with Crippen molar-refractivity contribution in [3.63, 3.8) is 0 Å². The molecule has 5 rings (SSSR count). The molecule has 1 aromatic carbocycles. The van der Waals surface area contributed by atoms with Gasteiger partial charge in [0.15, 0.2) is 5.69 Å². The number of piperidine rings is 1. The summed E-state index contributed by atoms with van der Waals surface area (Å²) >= 11 is 0. The zero-order valence-electron chi connectivity index (χ0n) is 19.6. The van der Waals surface area contributed by atoms with E-state index in [1.165, 1.54) is 4.90 Å². The van der Waals surface area contributed by atoms with Crippen molar-refractivity contribution in [1.29, 1.82) is 0 Å². The molecule has 37 heavy (non-hydrogen) atoms. The Morgan fingerprint density at radius 3 is 2.49 bits per heavy atom. The fourth-order valence-corrected chi connectivity index (χ4v) is 5.19. The maximum Gasteiger partial charge on any atom is 0.435 e. The van der Waals surface area contributed by atoms with Crippen LogP contribution in [0.5, 0.6) is 0 Å². The third-order valence-electron chi connectivity index (χ3n) is 6.96. The smallest absolute Gasteiger partial charge is 0.370 e. The van der Waals surface area contributed by atoms with Crippen LogP contribution in [0.15, 0.2) is 18.2 Å². The molecule has 3 amide bonds. The molecule has 10 nitrogen and oxygen atoms in total. The Kier molecular flexibility index (Phi) is 6.40. The topological polar surface area (TPSA) is 114 Å². The van der Waals surface area contributed by atoms with Crippen LogP contribution < -0.4 is 5.73 Å². The van der Waals surface area contributed by atoms with E-state index in [1.54, 1.807) is 5.01 Å². The summed E-state index contributed by atoms with van der Waals surface area (Å²) in [6.45, 7) is 1.97. The van der Waals surface area contributed by atoms with Crippen LogP contribution in [0.2, 0.25) is 0 Å². The molecule has 2 aromatic rings. The number of benzene rings is 1. The second-order valence-corrected chi connectivity index (χ2v) is 9.12. The molecule has 198 valence electrons. The number of fused-ring (bicyclic) bond motifs is 1. The van der Waals surface area contributed by atoms with Crippen LogP contribution in [0.4, 0.5) is 17.6 Å². The predicted octanol–water partition coefficient (Wildman–Crippen LogP) is 1.37. The molecule has 3 aliphatic rings. The molecule has 0 bridgehead atoms. The molecule has 0 unspecified atom stereocenters. The van der Waals surface area contributed by atoms with Gasteiger partial charge in [0.1, 0.15) is 18.1 Å². The number of carbonyl (C=O) groups excluding carboxylic acids is 3. The Bertz CT molecular complexity index is 1250. The highest BCUT2D eigenvalue weighted by Gasteiger charge is 2.44. The minimum atomic E-state index is -4.82. The monoisotopic (exact) mass is 524 g/mol. The lowest BCUT2D eigenvalue weighted by atomic mass is 9.97. The first-order valence-electron chi connectivity index (χ1n) is 11.8. The van der Waals surface area contributed by atoms with Crippen LogP contribution in [-0.2, 0) is 22.1 Å². The summed E-state index contributed by atoms with van der Waals surface area (Å²) in [6.07, 6.45) is -3.84. The normalized spacial score (nSPS) is 19.9. The van der Waals surface area contributed by atoms with E-state index in [4.69, 9.17) is 10.5 Å². The number of nitrogens with zero attached hydrogens (tertiary/aromatic N) is 5. The van der Waals surface area contributed by atoms with Crippen LogP contribution in [-0.4, -0.2) is 87.9 Å². The number of hydrazine groups is 1. The summed E-state index contributed by atoms with van der Waals surface area (Å²) < 4.78 is 61.5. The highest BCUT2D eigenvalue weighted by Crippen LogP contribution is 2.37. The first-order chi connectivity index (χ1) is 17.6. The quantitative estimate of drug-likeness (QED) is 0.605. The van der Waals surface area contributed by atoms with Crippen molar-refractivity contribution in [1.82, 2.24) is 24.7 Å². The summed E-state index contributed by atoms with van der Waals surface area (Å²) in [4.78, 5) is 38.9. The number of hydrogen-bond acceptors (Lipinski definition) is 6. The summed E-state index contributed by atoms with van der Waals surface area (Å²) in [5.41, 5.74) is 2.88. The van der Waals surface area contributed by atoms with E-state index in [-0.39, 0.29) is 48.5 Å². The van der Waals surface area contributed by atoms with Gasteiger partial charge in [0.05, 0.1) is 24.4 Å². The van der Waals surface area contributed by atoms with E-state index >= 15 is 0 Å². The zero-order valence-corrected chi connectivity index (χ0v) is 19.6. The molecular weight excluding hydrogens is 500 g/mol. The second-order valence-electron chi connectivity index (χ2n) is 9.12. The number of ether oxygens (including phenoxy) is 1. The Hall–Kier alpha value is -3.52. The van der Waals surface area contributed by atoms with Gasteiger partial charge >= 0.3 is 6.18 Å². The average Bonchev–Trinajstić information content (AvgIpc) is 3.26. The van der Waals surface area contributed by atoms with Crippen molar-refractivity contribution in [3.8, 4) is 5.69 Å². The Morgan fingerprint density at radius 2 is 1.84 bits per heavy atom. The first kappa shape index (κ1) is 25.1. The molecule has 0 saturated carbocycles. The molecule has 1 aromatic heterocycles. The predicted molar refractivity (Wildman–Crippen MR) is 119 cm³/mol. The van der Waals surface area contributed by atoms with Crippen molar-refractivity contribution < 1.29 is 36.7 Å². The van der Waals surface area contributed by atoms with Crippen LogP contribution in [0, 0.1) is 5.82 Å². The van der Waals surface area contributed by atoms with Crippen molar-refractivity contribution in [2.24, 2.45) is 5.73 Å². The van der Waals surface area contributed by atoms with Crippen LogP contribution >= 0.6 is 0 Å². The lowest BCUT2D eigenvalue weighted by molar-refractivity contribution is -0.168. The molecule has 2 fully saturated rings.